The van der Waals surface area contributed by atoms with Gasteiger partial charge in [0.25, 0.3) is 0 Å². The van der Waals surface area contributed by atoms with Crippen molar-refractivity contribution in [3.05, 3.63) is 40.3 Å². The zero-order valence-electron chi connectivity index (χ0n) is 8.76. The van der Waals surface area contributed by atoms with E-state index in [-0.39, 0.29) is 0 Å². The van der Waals surface area contributed by atoms with E-state index >= 15 is 0 Å². The molecule has 7 heteroatoms. The monoisotopic (exact) mass is 383 g/mol. The maximum atomic E-state index is 12.7. The van der Waals surface area contributed by atoms with Gasteiger partial charge in [0.15, 0.2) is 12.2 Å². The van der Waals surface area contributed by atoms with E-state index in [4.69, 9.17) is 4.42 Å². The van der Waals surface area contributed by atoms with Crippen LogP contribution in [0.5, 0.6) is 0 Å². The third-order valence-electron chi connectivity index (χ3n) is 2.31. The lowest BCUT2D eigenvalue weighted by Crippen LogP contribution is -2.04. The number of hydrogen-bond acceptors (Lipinski definition) is 2. The number of halogens is 5. The Hall–Kier alpha value is -0.820. The van der Waals surface area contributed by atoms with Crippen LogP contribution in [-0.2, 0) is 11.5 Å². The van der Waals surface area contributed by atoms with Gasteiger partial charge < -0.3 is 4.42 Å². The fraction of sp³-hybridized carbons (Fsp3) is 0.182. The molecular formula is C11H6Br2F3NO. The van der Waals surface area contributed by atoms with E-state index in [1.807, 2.05) is 0 Å². The lowest BCUT2D eigenvalue weighted by atomic mass is 10.1. The minimum Gasteiger partial charge on any atom is -0.443 e. The van der Waals surface area contributed by atoms with Crippen molar-refractivity contribution in [1.29, 1.82) is 0 Å². The summed E-state index contributed by atoms with van der Waals surface area (Å²) in [7, 11) is 0. The summed E-state index contributed by atoms with van der Waals surface area (Å²) in [6, 6.07) is 3.40. The van der Waals surface area contributed by atoms with E-state index in [1.165, 1.54) is 12.5 Å². The van der Waals surface area contributed by atoms with Gasteiger partial charge in [-0.1, -0.05) is 31.9 Å². The molecule has 1 aromatic carbocycles. The van der Waals surface area contributed by atoms with Crippen LogP contribution in [0.4, 0.5) is 13.2 Å². The first kappa shape index (κ1) is 13.6. The minimum atomic E-state index is -4.38. The topological polar surface area (TPSA) is 26.0 Å². The van der Waals surface area contributed by atoms with Gasteiger partial charge in [-0.2, -0.15) is 13.2 Å². The summed E-state index contributed by atoms with van der Waals surface area (Å²) in [5.74, 6) is 0.324. The van der Waals surface area contributed by atoms with Gasteiger partial charge in [-0.25, -0.2) is 4.98 Å². The van der Waals surface area contributed by atoms with Gasteiger partial charge in [-0.05, 0) is 18.2 Å². The zero-order valence-corrected chi connectivity index (χ0v) is 11.9. The second-order valence-electron chi connectivity index (χ2n) is 3.45. The van der Waals surface area contributed by atoms with E-state index in [9.17, 15) is 13.2 Å². The van der Waals surface area contributed by atoms with Crippen molar-refractivity contribution in [3.63, 3.8) is 0 Å². The van der Waals surface area contributed by atoms with Gasteiger partial charge in [0.1, 0.15) is 0 Å². The predicted octanol–water partition coefficient (Wildman–Crippen LogP) is 5.02. The number of benzene rings is 1. The average Bonchev–Trinajstić information content (AvgIpc) is 2.76. The van der Waals surface area contributed by atoms with Crippen molar-refractivity contribution >= 4 is 31.9 Å². The highest BCUT2D eigenvalue weighted by Gasteiger charge is 2.31. The van der Waals surface area contributed by atoms with Crippen LogP contribution in [0, 0.1) is 0 Å². The molecule has 0 saturated carbocycles. The van der Waals surface area contributed by atoms with Crippen molar-refractivity contribution in [2.45, 2.75) is 11.5 Å². The van der Waals surface area contributed by atoms with Crippen molar-refractivity contribution in [1.82, 2.24) is 4.98 Å². The van der Waals surface area contributed by atoms with Crippen molar-refractivity contribution in [3.8, 4) is 11.3 Å². The average molecular weight is 385 g/mol. The van der Waals surface area contributed by atoms with Crippen LogP contribution in [0.25, 0.3) is 11.3 Å². The standard InChI is InChI=1S/C11H6Br2F3NO/c12-4-9-10(18-5-17-9)7-3-6(11(14,15)16)1-2-8(7)13/h1-3,5H,4H2. The Bertz CT molecular complexity index is 566. The number of oxazole rings is 1. The van der Waals surface area contributed by atoms with E-state index in [0.29, 0.717) is 26.8 Å². The Morgan fingerprint density at radius 1 is 1.28 bits per heavy atom. The summed E-state index contributed by atoms with van der Waals surface area (Å²) in [4.78, 5) is 3.93. The molecule has 2 rings (SSSR count). The molecule has 0 amide bonds. The van der Waals surface area contributed by atoms with Gasteiger partial charge in [0.05, 0.1) is 11.3 Å². The number of rotatable bonds is 2. The molecule has 96 valence electrons. The van der Waals surface area contributed by atoms with Crippen LogP contribution < -0.4 is 0 Å². The molecule has 1 heterocycles. The normalized spacial score (nSPS) is 11.8. The molecule has 2 nitrogen and oxygen atoms in total. The number of aromatic nitrogens is 1. The first-order chi connectivity index (χ1) is 8.43. The molecule has 0 unspecified atom stereocenters. The smallest absolute Gasteiger partial charge is 0.416 e. The molecule has 0 saturated heterocycles. The van der Waals surface area contributed by atoms with E-state index in [2.05, 4.69) is 36.8 Å². The summed E-state index contributed by atoms with van der Waals surface area (Å²) in [5.41, 5.74) is 0.157. The number of hydrogen-bond donors (Lipinski definition) is 0. The molecule has 0 N–H and O–H groups in total. The van der Waals surface area contributed by atoms with Crippen LogP contribution in [0.1, 0.15) is 11.3 Å². The highest BCUT2D eigenvalue weighted by Crippen LogP contribution is 2.37. The van der Waals surface area contributed by atoms with Crippen molar-refractivity contribution in [2.75, 3.05) is 0 Å². The number of alkyl halides is 4. The van der Waals surface area contributed by atoms with Crippen LogP contribution in [0.2, 0.25) is 0 Å². The second kappa shape index (κ2) is 5.05. The third kappa shape index (κ3) is 2.61. The molecule has 2 aromatic rings. The molecule has 0 aliphatic carbocycles. The van der Waals surface area contributed by atoms with E-state index in [0.717, 1.165) is 12.1 Å². The zero-order chi connectivity index (χ0) is 13.3. The summed E-state index contributed by atoms with van der Waals surface area (Å²) in [6.45, 7) is 0. The third-order valence-corrected chi connectivity index (χ3v) is 3.53. The van der Waals surface area contributed by atoms with Crippen molar-refractivity contribution in [2.24, 2.45) is 0 Å². The van der Waals surface area contributed by atoms with Gasteiger partial charge in [-0.3, -0.25) is 0 Å². The Morgan fingerprint density at radius 3 is 2.61 bits per heavy atom. The van der Waals surface area contributed by atoms with E-state index < -0.39 is 11.7 Å². The second-order valence-corrected chi connectivity index (χ2v) is 4.87. The summed E-state index contributed by atoms with van der Waals surface area (Å²) in [5, 5.41) is 0.404. The van der Waals surface area contributed by atoms with Crippen molar-refractivity contribution < 1.29 is 17.6 Å². The summed E-state index contributed by atoms with van der Waals surface area (Å²) >= 11 is 6.42. The summed E-state index contributed by atoms with van der Waals surface area (Å²) < 4.78 is 43.6. The highest BCUT2D eigenvalue weighted by atomic mass is 79.9. The fourth-order valence-corrected chi connectivity index (χ4v) is 2.29. The lowest BCUT2D eigenvalue weighted by molar-refractivity contribution is -0.137. The first-order valence-corrected chi connectivity index (χ1v) is 6.70. The molecule has 0 radical (unpaired) electrons. The van der Waals surface area contributed by atoms with Gasteiger partial charge in [-0.15, -0.1) is 0 Å². The van der Waals surface area contributed by atoms with Crippen LogP contribution in [-0.4, -0.2) is 4.98 Å². The molecule has 18 heavy (non-hydrogen) atoms. The fourth-order valence-electron chi connectivity index (χ4n) is 1.46. The maximum absolute atomic E-state index is 12.7. The Morgan fingerprint density at radius 2 is 2.00 bits per heavy atom. The molecule has 0 fully saturated rings. The summed E-state index contributed by atoms with van der Waals surface area (Å²) in [6.07, 6.45) is -3.18. The highest BCUT2D eigenvalue weighted by molar-refractivity contribution is 9.10. The molecule has 0 aliphatic heterocycles. The molecule has 0 spiro atoms. The Labute approximate surface area is 117 Å². The molecule has 0 bridgehead atoms. The molecular weight excluding hydrogens is 379 g/mol. The molecule has 0 aliphatic rings. The Kier molecular flexibility index (Phi) is 3.82. The quantitative estimate of drug-likeness (QED) is 0.679. The minimum absolute atomic E-state index is 0.324. The first-order valence-electron chi connectivity index (χ1n) is 4.79. The van der Waals surface area contributed by atoms with E-state index in [1.54, 1.807) is 0 Å². The molecule has 1 aromatic heterocycles. The van der Waals surface area contributed by atoms with Gasteiger partial charge in [0, 0.05) is 15.4 Å². The van der Waals surface area contributed by atoms with Crippen LogP contribution >= 0.6 is 31.9 Å². The molecule has 0 atom stereocenters. The largest absolute Gasteiger partial charge is 0.443 e. The lowest BCUT2D eigenvalue weighted by Gasteiger charge is -2.09. The van der Waals surface area contributed by atoms with Crippen LogP contribution in [0.15, 0.2) is 33.5 Å². The van der Waals surface area contributed by atoms with Gasteiger partial charge >= 0.3 is 6.18 Å². The SMILES string of the molecule is FC(F)(F)c1ccc(Br)c(-c2ocnc2CBr)c1. The van der Waals surface area contributed by atoms with Crippen LogP contribution in [0.3, 0.4) is 0 Å². The maximum Gasteiger partial charge on any atom is 0.416 e. The Balaban J connectivity index is 2.57. The van der Waals surface area contributed by atoms with Gasteiger partial charge in [0.2, 0.25) is 0 Å². The predicted molar refractivity (Wildman–Crippen MR) is 67.3 cm³/mol. The number of nitrogens with zero attached hydrogens (tertiary/aromatic N) is 1.